The molecule has 1 saturated heterocycles. The topological polar surface area (TPSA) is 52.6 Å². The predicted molar refractivity (Wildman–Crippen MR) is 43.2 cm³/mol. The van der Waals surface area contributed by atoms with Crippen molar-refractivity contribution >= 4 is 10.7 Å². The van der Waals surface area contributed by atoms with Crippen LogP contribution >= 0.6 is 0 Å². The zero-order valence-electron chi connectivity index (χ0n) is 6.43. The van der Waals surface area contributed by atoms with Crippen LogP contribution in [0.3, 0.4) is 0 Å². The summed E-state index contributed by atoms with van der Waals surface area (Å²) in [6, 6.07) is 0. The van der Waals surface area contributed by atoms with E-state index in [4.69, 9.17) is 15.9 Å². The maximum absolute atomic E-state index is 10.7. The van der Waals surface area contributed by atoms with E-state index in [0.29, 0.717) is 6.61 Å². The van der Waals surface area contributed by atoms with Crippen molar-refractivity contribution in [3.63, 3.8) is 0 Å². The van der Waals surface area contributed by atoms with E-state index in [9.17, 15) is 8.42 Å². The second-order valence-corrected chi connectivity index (χ2v) is 3.69. The van der Waals surface area contributed by atoms with Gasteiger partial charge in [0.05, 0.1) is 11.9 Å². The minimum Gasteiger partial charge on any atom is -0.353 e. The average molecular weight is 190 g/mol. The molecule has 0 aromatic heterocycles. The summed E-state index contributed by atoms with van der Waals surface area (Å²) in [6.07, 6.45) is 4.82. The molecule has 0 spiro atoms. The van der Waals surface area contributed by atoms with E-state index in [2.05, 4.69) is 5.92 Å². The summed E-state index contributed by atoms with van der Waals surface area (Å²) in [5.41, 5.74) is 0. The molecule has 1 fully saturated rings. The van der Waals surface area contributed by atoms with Crippen molar-refractivity contribution in [2.45, 2.75) is 17.8 Å². The van der Waals surface area contributed by atoms with Gasteiger partial charge < -0.3 is 9.47 Å². The van der Waals surface area contributed by atoms with E-state index < -0.39 is 16.0 Å². The highest BCUT2D eigenvalue weighted by atomic mass is 32.2. The lowest BCUT2D eigenvalue weighted by atomic mass is 10.2. The van der Waals surface area contributed by atoms with Gasteiger partial charge >= 0.3 is 0 Å². The monoisotopic (exact) mass is 190 g/mol. The Hall–Kier alpha value is -0.570. The number of thiol groups is 1. The van der Waals surface area contributed by atoms with Gasteiger partial charge in [-0.15, -0.1) is 12.3 Å². The van der Waals surface area contributed by atoms with Crippen LogP contribution in [0.15, 0.2) is 0 Å². The standard InChI is InChI=1S/C7H10O4S/c1-2-3-7(12(8)9)6-4-10-5-11-6/h1,6-7,12H,3-5H2. The van der Waals surface area contributed by atoms with Crippen molar-refractivity contribution in [2.75, 3.05) is 13.4 Å². The van der Waals surface area contributed by atoms with Crippen LogP contribution in [-0.4, -0.2) is 33.2 Å². The highest BCUT2D eigenvalue weighted by Crippen LogP contribution is 2.12. The lowest BCUT2D eigenvalue weighted by molar-refractivity contribution is 0.0462. The highest BCUT2D eigenvalue weighted by molar-refractivity contribution is 7.73. The molecule has 0 bridgehead atoms. The molecule has 4 nitrogen and oxygen atoms in total. The van der Waals surface area contributed by atoms with Crippen LogP contribution in [0, 0.1) is 12.3 Å². The Kier molecular flexibility index (Phi) is 3.53. The smallest absolute Gasteiger partial charge is 0.147 e. The second kappa shape index (κ2) is 4.45. The summed E-state index contributed by atoms with van der Waals surface area (Å²) in [4.78, 5) is 0. The summed E-state index contributed by atoms with van der Waals surface area (Å²) >= 11 is 0. The van der Waals surface area contributed by atoms with Gasteiger partial charge in [0, 0.05) is 6.42 Å². The third-order valence-corrected chi connectivity index (χ3v) is 2.73. The van der Waals surface area contributed by atoms with E-state index in [1.54, 1.807) is 0 Å². The first-order valence-corrected chi connectivity index (χ1v) is 4.76. The van der Waals surface area contributed by atoms with E-state index in [0.717, 1.165) is 0 Å². The van der Waals surface area contributed by atoms with E-state index in [1.807, 2.05) is 0 Å². The second-order valence-electron chi connectivity index (χ2n) is 2.45. The molecule has 0 amide bonds. The molecule has 68 valence electrons. The SMILES string of the molecule is C#CCC(C1COCO1)[SH](=O)=O. The van der Waals surface area contributed by atoms with Crippen molar-refractivity contribution in [3.05, 3.63) is 0 Å². The van der Waals surface area contributed by atoms with Gasteiger partial charge in [0.25, 0.3) is 0 Å². The molecule has 0 N–H and O–H groups in total. The van der Waals surface area contributed by atoms with E-state index in [1.165, 1.54) is 0 Å². The van der Waals surface area contributed by atoms with Gasteiger partial charge in [0.1, 0.15) is 23.6 Å². The first-order valence-electron chi connectivity index (χ1n) is 3.52. The molecule has 0 aromatic carbocycles. The Bertz CT molecular complexity index is 239. The number of terminal acetylenes is 1. The summed E-state index contributed by atoms with van der Waals surface area (Å²) in [5, 5.41) is -0.604. The van der Waals surface area contributed by atoms with Gasteiger partial charge in [0.2, 0.25) is 0 Å². The molecular formula is C7H10O4S. The first kappa shape index (κ1) is 9.52. The molecular weight excluding hydrogens is 180 g/mol. The molecule has 2 unspecified atom stereocenters. The average Bonchev–Trinajstić information content (AvgIpc) is 2.51. The molecule has 1 heterocycles. The Labute approximate surface area is 72.8 Å². The molecule has 1 aliphatic rings. The normalized spacial score (nSPS) is 25.5. The Balaban J connectivity index is 2.59. The number of hydrogen-bond acceptors (Lipinski definition) is 4. The maximum Gasteiger partial charge on any atom is 0.147 e. The lowest BCUT2D eigenvalue weighted by Gasteiger charge is -2.12. The molecule has 12 heavy (non-hydrogen) atoms. The minimum absolute atomic E-state index is 0.162. The van der Waals surface area contributed by atoms with Gasteiger partial charge in [-0.2, -0.15) is 0 Å². The molecule has 0 radical (unpaired) electrons. The Morgan fingerprint density at radius 1 is 1.67 bits per heavy atom. The molecule has 0 aromatic rings. The van der Waals surface area contributed by atoms with Crippen LogP contribution in [0.25, 0.3) is 0 Å². The van der Waals surface area contributed by atoms with Crippen LogP contribution < -0.4 is 0 Å². The molecule has 2 atom stereocenters. The number of rotatable bonds is 3. The number of ether oxygens (including phenoxy) is 2. The maximum atomic E-state index is 10.7. The zero-order valence-corrected chi connectivity index (χ0v) is 7.33. The quantitative estimate of drug-likeness (QED) is 0.475. The fraction of sp³-hybridized carbons (Fsp3) is 0.714. The summed E-state index contributed by atoms with van der Waals surface area (Å²) < 4.78 is 31.3. The molecule has 0 saturated carbocycles. The van der Waals surface area contributed by atoms with Gasteiger partial charge in [-0.1, -0.05) is 0 Å². The van der Waals surface area contributed by atoms with Crippen LogP contribution in [0.5, 0.6) is 0 Å². The third kappa shape index (κ3) is 2.21. The predicted octanol–water partition coefficient (Wildman–Crippen LogP) is -0.637. The summed E-state index contributed by atoms with van der Waals surface area (Å²) in [6.45, 7) is 0.477. The Morgan fingerprint density at radius 2 is 2.42 bits per heavy atom. The van der Waals surface area contributed by atoms with Gasteiger partial charge in [0.15, 0.2) is 0 Å². The van der Waals surface area contributed by atoms with E-state index >= 15 is 0 Å². The van der Waals surface area contributed by atoms with Crippen molar-refractivity contribution < 1.29 is 17.9 Å². The van der Waals surface area contributed by atoms with Crippen LogP contribution in [-0.2, 0) is 20.2 Å². The minimum atomic E-state index is -2.53. The fourth-order valence-electron chi connectivity index (χ4n) is 1.03. The largest absolute Gasteiger partial charge is 0.353 e. The van der Waals surface area contributed by atoms with Crippen molar-refractivity contribution in [1.82, 2.24) is 0 Å². The molecule has 1 aliphatic heterocycles. The molecule has 5 heteroatoms. The van der Waals surface area contributed by atoms with Crippen molar-refractivity contribution in [1.29, 1.82) is 0 Å². The van der Waals surface area contributed by atoms with Crippen LogP contribution in [0.4, 0.5) is 0 Å². The van der Waals surface area contributed by atoms with Gasteiger partial charge in [-0.3, -0.25) is 0 Å². The lowest BCUT2D eigenvalue weighted by Crippen LogP contribution is -2.29. The Morgan fingerprint density at radius 3 is 2.83 bits per heavy atom. The van der Waals surface area contributed by atoms with Crippen molar-refractivity contribution in [3.8, 4) is 12.3 Å². The third-order valence-electron chi connectivity index (χ3n) is 1.67. The summed E-state index contributed by atoms with van der Waals surface area (Å²) in [7, 11) is -2.53. The fourth-order valence-corrected chi connectivity index (χ4v) is 1.73. The van der Waals surface area contributed by atoms with Crippen LogP contribution in [0.2, 0.25) is 0 Å². The van der Waals surface area contributed by atoms with Crippen molar-refractivity contribution in [2.24, 2.45) is 0 Å². The first-order chi connectivity index (χ1) is 5.75. The molecule has 1 rings (SSSR count). The van der Waals surface area contributed by atoms with Gasteiger partial charge in [-0.25, -0.2) is 8.42 Å². The van der Waals surface area contributed by atoms with Crippen LogP contribution in [0.1, 0.15) is 6.42 Å². The zero-order chi connectivity index (χ0) is 8.97. The van der Waals surface area contributed by atoms with Gasteiger partial charge in [-0.05, 0) is 0 Å². The highest BCUT2D eigenvalue weighted by Gasteiger charge is 2.28. The molecule has 0 aliphatic carbocycles. The van der Waals surface area contributed by atoms with E-state index in [-0.39, 0.29) is 19.3 Å². The number of hydrogen-bond donors (Lipinski definition) is 1. The summed E-state index contributed by atoms with van der Waals surface area (Å²) in [5.74, 6) is 2.31.